The van der Waals surface area contributed by atoms with Crippen LogP contribution in [0.15, 0.2) is 158 Å². The Kier molecular flexibility index (Phi) is 5.17. The summed E-state index contributed by atoms with van der Waals surface area (Å²) in [6.45, 7) is 0. The zero-order valence-corrected chi connectivity index (χ0v) is 21.9. The highest BCUT2D eigenvalue weighted by atomic mass is 15.1. The lowest BCUT2D eigenvalue weighted by Crippen LogP contribution is -2.09. The minimum absolute atomic E-state index is 1.13. The highest BCUT2D eigenvalue weighted by molar-refractivity contribution is 6.19. The number of anilines is 3. The van der Waals surface area contributed by atoms with Gasteiger partial charge in [-0.25, -0.2) is 0 Å². The first kappa shape index (κ1) is 22.6. The highest BCUT2D eigenvalue weighted by Crippen LogP contribution is 2.41. The molecule has 40 heavy (non-hydrogen) atoms. The molecule has 188 valence electrons. The highest BCUT2D eigenvalue weighted by Gasteiger charge is 2.18. The molecule has 0 aliphatic carbocycles. The molecule has 2 heteroatoms. The Bertz CT molecular complexity index is 2160. The van der Waals surface area contributed by atoms with Crippen LogP contribution in [0, 0.1) is 0 Å². The molecule has 0 aliphatic heterocycles. The van der Waals surface area contributed by atoms with Crippen molar-refractivity contribution in [1.29, 1.82) is 0 Å². The van der Waals surface area contributed by atoms with Gasteiger partial charge in [0.1, 0.15) is 0 Å². The molecular weight excluding hydrogens is 484 g/mol. The predicted molar refractivity (Wildman–Crippen MR) is 170 cm³/mol. The van der Waals surface area contributed by atoms with E-state index in [0.717, 1.165) is 17.1 Å². The van der Waals surface area contributed by atoms with E-state index < -0.39 is 0 Å². The minimum atomic E-state index is 1.13. The molecule has 0 saturated carbocycles. The van der Waals surface area contributed by atoms with Crippen molar-refractivity contribution < 1.29 is 0 Å². The summed E-state index contributed by atoms with van der Waals surface area (Å²) in [6, 6.07) is 56.7. The molecule has 0 N–H and O–H groups in total. The normalized spacial score (nSPS) is 11.5. The van der Waals surface area contributed by atoms with E-state index in [0.29, 0.717) is 0 Å². The molecule has 2 nitrogen and oxygen atoms in total. The maximum atomic E-state index is 2.42. The molecule has 0 fully saturated rings. The summed E-state index contributed by atoms with van der Waals surface area (Å²) in [6.07, 6.45) is 0. The molecular formula is C38H26N2. The van der Waals surface area contributed by atoms with Crippen LogP contribution in [0.3, 0.4) is 0 Å². The number of benzene rings is 7. The number of fused-ring (bicyclic) bond motifs is 6. The standard InChI is InChI=1S/C38H26N2/c1-3-13-30(14-4-1)39(32-22-19-27-11-7-8-12-29(27)25-32)33-23-20-28-21-24-35-34-17-9-10-18-37(34)40(38(35)36(28)26-33)31-15-5-2-6-16-31/h1-26H. The van der Waals surface area contributed by atoms with Crippen LogP contribution in [-0.4, -0.2) is 4.57 Å². The van der Waals surface area contributed by atoms with Gasteiger partial charge >= 0.3 is 0 Å². The third-order valence-electron chi connectivity index (χ3n) is 7.91. The van der Waals surface area contributed by atoms with Crippen LogP contribution in [-0.2, 0) is 0 Å². The third kappa shape index (κ3) is 3.58. The first-order chi connectivity index (χ1) is 19.8. The van der Waals surface area contributed by atoms with Crippen LogP contribution in [0.4, 0.5) is 17.1 Å². The number of aromatic nitrogens is 1. The van der Waals surface area contributed by atoms with E-state index in [1.165, 1.54) is 49.0 Å². The van der Waals surface area contributed by atoms with E-state index in [2.05, 4.69) is 167 Å². The Morgan fingerprint density at radius 1 is 0.375 bits per heavy atom. The van der Waals surface area contributed by atoms with Crippen molar-refractivity contribution in [1.82, 2.24) is 4.57 Å². The average molecular weight is 511 g/mol. The van der Waals surface area contributed by atoms with Gasteiger partial charge in [-0.15, -0.1) is 0 Å². The van der Waals surface area contributed by atoms with Gasteiger partial charge in [0.25, 0.3) is 0 Å². The Balaban J connectivity index is 1.44. The summed E-state index contributed by atoms with van der Waals surface area (Å²) < 4.78 is 2.42. The zero-order chi connectivity index (χ0) is 26.5. The van der Waals surface area contributed by atoms with Crippen LogP contribution >= 0.6 is 0 Å². The number of hydrogen-bond acceptors (Lipinski definition) is 1. The number of hydrogen-bond donors (Lipinski definition) is 0. The van der Waals surface area contributed by atoms with Crippen LogP contribution in [0.5, 0.6) is 0 Å². The first-order valence-corrected chi connectivity index (χ1v) is 13.7. The number of rotatable bonds is 4. The van der Waals surface area contributed by atoms with E-state index in [9.17, 15) is 0 Å². The van der Waals surface area contributed by atoms with E-state index >= 15 is 0 Å². The van der Waals surface area contributed by atoms with Crippen LogP contribution in [0.25, 0.3) is 49.0 Å². The first-order valence-electron chi connectivity index (χ1n) is 13.7. The summed E-state index contributed by atoms with van der Waals surface area (Å²) in [5, 5.41) is 7.46. The Hall–Kier alpha value is -5.34. The van der Waals surface area contributed by atoms with Crippen molar-refractivity contribution in [2.75, 3.05) is 4.90 Å². The van der Waals surface area contributed by atoms with Gasteiger partial charge in [0.2, 0.25) is 0 Å². The summed E-state index contributed by atoms with van der Waals surface area (Å²) in [5.41, 5.74) is 7.02. The van der Waals surface area contributed by atoms with Gasteiger partial charge in [0, 0.05) is 38.9 Å². The fraction of sp³-hybridized carbons (Fsp3) is 0. The molecule has 7 aromatic carbocycles. The molecule has 0 amide bonds. The Morgan fingerprint density at radius 2 is 1.00 bits per heavy atom. The predicted octanol–water partition coefficient (Wildman–Crippen LogP) is 10.6. The number of nitrogens with zero attached hydrogens (tertiary/aromatic N) is 2. The van der Waals surface area contributed by atoms with Crippen molar-refractivity contribution >= 4 is 60.4 Å². The van der Waals surface area contributed by atoms with Crippen LogP contribution in [0.1, 0.15) is 0 Å². The maximum absolute atomic E-state index is 2.42. The molecule has 0 saturated heterocycles. The Labute approximate surface area is 233 Å². The van der Waals surface area contributed by atoms with Gasteiger partial charge in [-0.3, -0.25) is 0 Å². The zero-order valence-electron chi connectivity index (χ0n) is 21.9. The lowest BCUT2D eigenvalue weighted by Gasteiger charge is -2.26. The molecule has 0 bridgehead atoms. The van der Waals surface area contributed by atoms with Gasteiger partial charge in [0.05, 0.1) is 11.0 Å². The van der Waals surface area contributed by atoms with E-state index in [-0.39, 0.29) is 0 Å². The second-order valence-electron chi connectivity index (χ2n) is 10.3. The van der Waals surface area contributed by atoms with Crippen molar-refractivity contribution in [2.24, 2.45) is 0 Å². The summed E-state index contributed by atoms with van der Waals surface area (Å²) in [4.78, 5) is 2.36. The van der Waals surface area contributed by atoms with E-state index in [1.54, 1.807) is 0 Å². The number of para-hydroxylation sites is 3. The Morgan fingerprint density at radius 3 is 1.82 bits per heavy atom. The summed E-state index contributed by atoms with van der Waals surface area (Å²) in [7, 11) is 0. The molecule has 1 aromatic heterocycles. The van der Waals surface area contributed by atoms with Crippen molar-refractivity contribution in [2.45, 2.75) is 0 Å². The SMILES string of the molecule is c1ccc(N(c2ccc3ccccc3c2)c2ccc3ccc4c5ccccc5n(-c5ccccc5)c4c3c2)cc1. The smallest absolute Gasteiger partial charge is 0.0620 e. The molecule has 0 spiro atoms. The molecule has 0 radical (unpaired) electrons. The van der Waals surface area contributed by atoms with Gasteiger partial charge in [0.15, 0.2) is 0 Å². The van der Waals surface area contributed by atoms with Crippen molar-refractivity contribution in [3.8, 4) is 5.69 Å². The third-order valence-corrected chi connectivity index (χ3v) is 7.91. The minimum Gasteiger partial charge on any atom is -0.310 e. The molecule has 1 heterocycles. The molecule has 0 aliphatic rings. The monoisotopic (exact) mass is 510 g/mol. The lowest BCUT2D eigenvalue weighted by atomic mass is 10.0. The quantitative estimate of drug-likeness (QED) is 0.229. The van der Waals surface area contributed by atoms with Gasteiger partial charge < -0.3 is 9.47 Å². The summed E-state index contributed by atoms with van der Waals surface area (Å²) in [5.74, 6) is 0. The molecule has 8 aromatic rings. The molecule has 0 unspecified atom stereocenters. The van der Waals surface area contributed by atoms with Crippen molar-refractivity contribution in [3.63, 3.8) is 0 Å². The van der Waals surface area contributed by atoms with Crippen LogP contribution < -0.4 is 4.90 Å². The molecule has 0 atom stereocenters. The average Bonchev–Trinajstić information content (AvgIpc) is 3.37. The second kappa shape index (κ2) is 9.14. The maximum Gasteiger partial charge on any atom is 0.0620 e. The molecule has 8 rings (SSSR count). The second-order valence-corrected chi connectivity index (χ2v) is 10.3. The van der Waals surface area contributed by atoms with Crippen LogP contribution in [0.2, 0.25) is 0 Å². The summed E-state index contributed by atoms with van der Waals surface area (Å²) >= 11 is 0. The van der Waals surface area contributed by atoms with Gasteiger partial charge in [-0.2, -0.15) is 0 Å². The largest absolute Gasteiger partial charge is 0.310 e. The van der Waals surface area contributed by atoms with Gasteiger partial charge in [-0.1, -0.05) is 103 Å². The van der Waals surface area contributed by atoms with E-state index in [4.69, 9.17) is 0 Å². The van der Waals surface area contributed by atoms with Gasteiger partial charge in [-0.05, 0) is 70.8 Å². The fourth-order valence-corrected chi connectivity index (χ4v) is 6.09. The lowest BCUT2D eigenvalue weighted by molar-refractivity contribution is 1.19. The topological polar surface area (TPSA) is 8.17 Å². The van der Waals surface area contributed by atoms with E-state index in [1.807, 2.05) is 0 Å². The fourth-order valence-electron chi connectivity index (χ4n) is 6.09. The van der Waals surface area contributed by atoms with Crippen molar-refractivity contribution in [3.05, 3.63) is 158 Å².